The van der Waals surface area contributed by atoms with Crippen molar-refractivity contribution in [3.05, 3.63) is 30.1 Å². The molecule has 6 nitrogen and oxygen atoms in total. The van der Waals surface area contributed by atoms with Crippen LogP contribution in [0.3, 0.4) is 0 Å². The molecule has 0 spiro atoms. The third kappa shape index (κ3) is 2.71. The molecule has 0 bridgehead atoms. The van der Waals surface area contributed by atoms with Gasteiger partial charge in [-0.25, -0.2) is 9.67 Å². The number of nitrogens with one attached hydrogen (secondary N) is 1. The van der Waals surface area contributed by atoms with Crippen LogP contribution >= 0.6 is 0 Å². The van der Waals surface area contributed by atoms with Gasteiger partial charge in [0.25, 0.3) is 0 Å². The SMILES string of the molecule is CNCc1cnn(Cc2ncnn2C(C)C)c1. The lowest BCUT2D eigenvalue weighted by molar-refractivity contribution is 0.488. The summed E-state index contributed by atoms with van der Waals surface area (Å²) in [5.41, 5.74) is 1.17. The Balaban J connectivity index is 2.11. The van der Waals surface area contributed by atoms with Crippen molar-refractivity contribution >= 4 is 0 Å². The van der Waals surface area contributed by atoms with E-state index in [0.717, 1.165) is 12.4 Å². The van der Waals surface area contributed by atoms with Crippen molar-refractivity contribution in [3.8, 4) is 0 Å². The minimum atomic E-state index is 0.319. The van der Waals surface area contributed by atoms with Gasteiger partial charge in [0.1, 0.15) is 18.7 Å². The van der Waals surface area contributed by atoms with E-state index in [4.69, 9.17) is 0 Å². The predicted molar refractivity (Wildman–Crippen MR) is 64.5 cm³/mol. The van der Waals surface area contributed by atoms with Crippen LogP contribution in [0.15, 0.2) is 18.7 Å². The topological polar surface area (TPSA) is 60.6 Å². The normalized spacial score (nSPS) is 11.3. The second kappa shape index (κ2) is 5.09. The molecule has 0 radical (unpaired) electrons. The zero-order valence-electron chi connectivity index (χ0n) is 10.5. The molecule has 0 aliphatic rings. The molecule has 92 valence electrons. The average molecular weight is 234 g/mol. The van der Waals surface area contributed by atoms with Crippen molar-refractivity contribution in [2.24, 2.45) is 0 Å². The standard InChI is InChI=1S/C11H18N6/c1-9(2)17-11(13-8-15-17)7-16-6-10(4-12-3)5-14-16/h5-6,8-9,12H,4,7H2,1-3H3. The van der Waals surface area contributed by atoms with Crippen LogP contribution in [0.2, 0.25) is 0 Å². The summed E-state index contributed by atoms with van der Waals surface area (Å²) in [5.74, 6) is 0.930. The Bertz CT molecular complexity index is 470. The number of hydrogen-bond acceptors (Lipinski definition) is 4. The first kappa shape index (κ1) is 11.8. The highest BCUT2D eigenvalue weighted by Crippen LogP contribution is 2.07. The van der Waals surface area contributed by atoms with Crippen LogP contribution in [0.25, 0.3) is 0 Å². The summed E-state index contributed by atoms with van der Waals surface area (Å²) in [4.78, 5) is 4.26. The van der Waals surface area contributed by atoms with E-state index >= 15 is 0 Å². The van der Waals surface area contributed by atoms with E-state index in [-0.39, 0.29) is 0 Å². The maximum Gasteiger partial charge on any atom is 0.148 e. The third-order valence-corrected chi connectivity index (χ3v) is 2.51. The monoisotopic (exact) mass is 234 g/mol. The molecule has 17 heavy (non-hydrogen) atoms. The van der Waals surface area contributed by atoms with Crippen molar-refractivity contribution in [2.75, 3.05) is 7.05 Å². The molecule has 0 aliphatic heterocycles. The van der Waals surface area contributed by atoms with Gasteiger partial charge < -0.3 is 5.32 Å². The fraction of sp³-hybridized carbons (Fsp3) is 0.545. The van der Waals surface area contributed by atoms with E-state index in [9.17, 15) is 0 Å². The molecule has 0 aliphatic carbocycles. The molecule has 0 aromatic carbocycles. The summed E-state index contributed by atoms with van der Waals surface area (Å²) in [6.45, 7) is 5.67. The fourth-order valence-corrected chi connectivity index (χ4v) is 1.75. The molecule has 0 saturated carbocycles. The Morgan fingerprint density at radius 3 is 2.88 bits per heavy atom. The molecule has 0 unspecified atom stereocenters. The van der Waals surface area contributed by atoms with Gasteiger partial charge in [0.2, 0.25) is 0 Å². The number of rotatable bonds is 5. The molecule has 0 saturated heterocycles. The van der Waals surface area contributed by atoms with Crippen LogP contribution in [-0.2, 0) is 13.1 Å². The van der Waals surface area contributed by atoms with Crippen molar-refractivity contribution < 1.29 is 0 Å². The molecule has 0 amide bonds. The Morgan fingerprint density at radius 1 is 1.35 bits per heavy atom. The van der Waals surface area contributed by atoms with Gasteiger partial charge >= 0.3 is 0 Å². The van der Waals surface area contributed by atoms with Gasteiger partial charge in [0, 0.05) is 24.3 Å². The molecular weight excluding hydrogens is 216 g/mol. The third-order valence-electron chi connectivity index (χ3n) is 2.51. The Kier molecular flexibility index (Phi) is 3.53. The van der Waals surface area contributed by atoms with E-state index in [1.807, 2.05) is 28.8 Å². The van der Waals surface area contributed by atoms with Crippen molar-refractivity contribution in [2.45, 2.75) is 33.0 Å². The lowest BCUT2D eigenvalue weighted by Crippen LogP contribution is -2.12. The number of hydrogen-bond donors (Lipinski definition) is 1. The van der Waals surface area contributed by atoms with E-state index in [0.29, 0.717) is 12.6 Å². The average Bonchev–Trinajstić information content (AvgIpc) is 2.89. The van der Waals surface area contributed by atoms with Gasteiger partial charge in [-0.05, 0) is 20.9 Å². The first-order valence-corrected chi connectivity index (χ1v) is 5.75. The van der Waals surface area contributed by atoms with Crippen LogP contribution in [0.4, 0.5) is 0 Å². The van der Waals surface area contributed by atoms with Crippen molar-refractivity contribution in [1.29, 1.82) is 0 Å². The first-order chi connectivity index (χ1) is 8.20. The van der Waals surface area contributed by atoms with Crippen molar-refractivity contribution in [3.63, 3.8) is 0 Å². The largest absolute Gasteiger partial charge is 0.316 e. The van der Waals surface area contributed by atoms with E-state index in [1.165, 1.54) is 5.56 Å². The van der Waals surface area contributed by atoms with E-state index in [2.05, 4.69) is 34.3 Å². The van der Waals surface area contributed by atoms with Crippen LogP contribution in [-0.4, -0.2) is 31.6 Å². The Morgan fingerprint density at radius 2 is 2.18 bits per heavy atom. The lowest BCUT2D eigenvalue weighted by atomic mass is 10.3. The lowest BCUT2D eigenvalue weighted by Gasteiger charge is -2.08. The van der Waals surface area contributed by atoms with Gasteiger partial charge in [-0.2, -0.15) is 10.2 Å². The van der Waals surface area contributed by atoms with Gasteiger partial charge in [0.05, 0.1) is 6.20 Å². The highest BCUT2D eigenvalue weighted by atomic mass is 15.4. The molecule has 6 heteroatoms. The fourth-order valence-electron chi connectivity index (χ4n) is 1.75. The smallest absolute Gasteiger partial charge is 0.148 e. The highest BCUT2D eigenvalue weighted by molar-refractivity contribution is 5.04. The minimum absolute atomic E-state index is 0.319. The second-order valence-electron chi connectivity index (χ2n) is 4.29. The van der Waals surface area contributed by atoms with Crippen LogP contribution < -0.4 is 5.32 Å². The molecule has 1 N–H and O–H groups in total. The molecule has 2 aromatic rings. The Labute approximate surface area is 101 Å². The van der Waals surface area contributed by atoms with Crippen LogP contribution in [0, 0.1) is 0 Å². The molecule has 2 rings (SSSR count). The van der Waals surface area contributed by atoms with Gasteiger partial charge in [-0.15, -0.1) is 0 Å². The summed E-state index contributed by atoms with van der Waals surface area (Å²) in [7, 11) is 1.92. The van der Waals surface area contributed by atoms with Crippen molar-refractivity contribution in [1.82, 2.24) is 29.9 Å². The van der Waals surface area contributed by atoms with Gasteiger partial charge in [-0.1, -0.05) is 0 Å². The molecule has 0 atom stereocenters. The molecule has 0 fully saturated rings. The molecule has 2 aromatic heterocycles. The van der Waals surface area contributed by atoms with Gasteiger partial charge in [0.15, 0.2) is 0 Å². The second-order valence-corrected chi connectivity index (χ2v) is 4.29. The maximum atomic E-state index is 4.31. The highest BCUT2D eigenvalue weighted by Gasteiger charge is 2.08. The summed E-state index contributed by atoms with van der Waals surface area (Å²) < 4.78 is 3.80. The Hall–Kier alpha value is -1.69. The summed E-state index contributed by atoms with van der Waals surface area (Å²) in [5, 5.41) is 11.6. The van der Waals surface area contributed by atoms with E-state index < -0.39 is 0 Å². The number of aromatic nitrogens is 5. The summed E-state index contributed by atoms with van der Waals surface area (Å²) >= 11 is 0. The summed E-state index contributed by atoms with van der Waals surface area (Å²) in [6.07, 6.45) is 5.48. The maximum absolute atomic E-state index is 4.31. The zero-order valence-corrected chi connectivity index (χ0v) is 10.5. The predicted octanol–water partition coefficient (Wildman–Crippen LogP) is 0.823. The van der Waals surface area contributed by atoms with Gasteiger partial charge in [-0.3, -0.25) is 4.68 Å². The van der Waals surface area contributed by atoms with E-state index in [1.54, 1.807) is 6.33 Å². The minimum Gasteiger partial charge on any atom is -0.316 e. The van der Waals surface area contributed by atoms with Crippen LogP contribution in [0.5, 0.6) is 0 Å². The first-order valence-electron chi connectivity index (χ1n) is 5.75. The molecular formula is C11H18N6. The zero-order chi connectivity index (χ0) is 12.3. The molecule has 2 heterocycles. The van der Waals surface area contributed by atoms with Crippen LogP contribution in [0.1, 0.15) is 31.3 Å². The summed E-state index contributed by atoms with van der Waals surface area (Å²) in [6, 6.07) is 0.319. The quantitative estimate of drug-likeness (QED) is 0.832. The number of nitrogens with zero attached hydrogens (tertiary/aromatic N) is 5.